The molecular weight excluding hydrogens is 246 g/mol. The lowest BCUT2D eigenvalue weighted by Gasteiger charge is -2.19. The summed E-state index contributed by atoms with van der Waals surface area (Å²) in [5.74, 6) is -0.358. The normalized spacial score (nSPS) is 12.6. The third-order valence-electron chi connectivity index (χ3n) is 3.02. The lowest BCUT2D eigenvalue weighted by atomic mass is 10.1. The number of likely N-dealkylation sites (N-methyl/N-ethyl adjacent to an activating group) is 1. The molecule has 0 bridgehead atoms. The second-order valence-corrected chi connectivity index (χ2v) is 4.42. The molecule has 0 saturated carbocycles. The first-order valence-corrected chi connectivity index (χ1v) is 6.07. The first kappa shape index (κ1) is 13.5. The van der Waals surface area contributed by atoms with Crippen molar-refractivity contribution in [3.63, 3.8) is 0 Å². The fourth-order valence-corrected chi connectivity index (χ4v) is 1.82. The van der Waals surface area contributed by atoms with E-state index in [0.29, 0.717) is 13.0 Å². The van der Waals surface area contributed by atoms with Gasteiger partial charge in [0, 0.05) is 20.1 Å². The van der Waals surface area contributed by atoms with Crippen LogP contribution in [0.15, 0.2) is 29.0 Å². The maximum Gasteiger partial charge on any atom is 0.252 e. The highest BCUT2D eigenvalue weighted by atomic mass is 16.3. The number of hydrogen-bond acceptors (Lipinski definition) is 5. The molecule has 2 rings (SSSR count). The maximum atomic E-state index is 11.6. The summed E-state index contributed by atoms with van der Waals surface area (Å²) in [7, 11) is 1.65. The molecule has 0 saturated heterocycles. The molecule has 2 aromatic rings. The topological polar surface area (TPSA) is 92.6 Å². The number of nitrogens with two attached hydrogens (primary N) is 1. The molecule has 6 nitrogen and oxygen atoms in total. The second-order valence-electron chi connectivity index (χ2n) is 4.42. The van der Waals surface area contributed by atoms with Gasteiger partial charge in [-0.25, -0.2) is 4.98 Å². The van der Waals surface area contributed by atoms with Crippen molar-refractivity contribution in [2.45, 2.75) is 12.5 Å². The Balaban J connectivity index is 1.96. The Hall–Kier alpha value is -1.92. The van der Waals surface area contributed by atoms with Gasteiger partial charge in [-0.3, -0.25) is 4.79 Å². The van der Waals surface area contributed by atoms with Crippen LogP contribution in [-0.2, 0) is 11.2 Å². The first-order valence-electron chi connectivity index (χ1n) is 6.07. The summed E-state index contributed by atoms with van der Waals surface area (Å²) in [6.45, 7) is 0.447. The summed E-state index contributed by atoms with van der Waals surface area (Å²) in [6, 6.07) is 5.73. The summed E-state index contributed by atoms with van der Waals surface area (Å²) in [4.78, 5) is 17.1. The molecule has 0 aliphatic rings. The van der Waals surface area contributed by atoms with Gasteiger partial charge in [-0.2, -0.15) is 0 Å². The summed E-state index contributed by atoms with van der Waals surface area (Å²) in [6.07, 6.45) is 0.958. The number of carbonyl (C=O) groups excluding carboxylic acids is 1. The number of carbonyl (C=O) groups is 1. The Kier molecular flexibility index (Phi) is 4.13. The molecule has 6 heteroatoms. The lowest BCUT2D eigenvalue weighted by Crippen LogP contribution is -2.41. The molecule has 19 heavy (non-hydrogen) atoms. The smallest absolute Gasteiger partial charge is 0.252 e. The van der Waals surface area contributed by atoms with Gasteiger partial charge in [0.25, 0.3) is 5.91 Å². The van der Waals surface area contributed by atoms with Gasteiger partial charge in [-0.1, -0.05) is 6.07 Å². The number of rotatable bonds is 5. The van der Waals surface area contributed by atoms with Crippen molar-refractivity contribution in [2.24, 2.45) is 5.73 Å². The predicted molar refractivity (Wildman–Crippen MR) is 70.4 cm³/mol. The number of aliphatic hydroxyl groups is 1. The number of fused-ring (bicyclic) bond motifs is 1. The Bertz CT molecular complexity index is 567. The van der Waals surface area contributed by atoms with Gasteiger partial charge in [0.2, 0.25) is 0 Å². The van der Waals surface area contributed by atoms with Crippen molar-refractivity contribution in [1.29, 1.82) is 0 Å². The zero-order chi connectivity index (χ0) is 13.8. The summed E-state index contributed by atoms with van der Waals surface area (Å²) < 4.78 is 5.22. The van der Waals surface area contributed by atoms with Gasteiger partial charge in [-0.05, 0) is 24.1 Å². The van der Waals surface area contributed by atoms with E-state index in [9.17, 15) is 9.90 Å². The van der Waals surface area contributed by atoms with Gasteiger partial charge >= 0.3 is 0 Å². The van der Waals surface area contributed by atoms with Crippen molar-refractivity contribution >= 4 is 17.0 Å². The first-order chi connectivity index (χ1) is 9.11. The average Bonchev–Trinajstić information content (AvgIpc) is 2.90. The number of benzene rings is 1. The Labute approximate surface area is 110 Å². The van der Waals surface area contributed by atoms with Crippen molar-refractivity contribution in [3.8, 4) is 0 Å². The average molecular weight is 263 g/mol. The predicted octanol–water partition coefficient (Wildman–Crippen LogP) is 0.148. The van der Waals surface area contributed by atoms with Crippen molar-refractivity contribution in [1.82, 2.24) is 9.88 Å². The highest BCUT2D eigenvalue weighted by Crippen LogP contribution is 2.14. The Morgan fingerprint density at radius 1 is 1.58 bits per heavy atom. The van der Waals surface area contributed by atoms with E-state index in [1.54, 1.807) is 7.05 Å². The maximum absolute atomic E-state index is 11.6. The third-order valence-corrected chi connectivity index (χ3v) is 3.02. The van der Waals surface area contributed by atoms with E-state index in [4.69, 9.17) is 10.2 Å². The fourth-order valence-electron chi connectivity index (χ4n) is 1.82. The molecule has 102 valence electrons. The van der Waals surface area contributed by atoms with E-state index in [0.717, 1.165) is 16.7 Å². The lowest BCUT2D eigenvalue weighted by molar-refractivity contribution is -0.138. The monoisotopic (exact) mass is 263 g/mol. The van der Waals surface area contributed by atoms with Gasteiger partial charge in [-0.15, -0.1) is 0 Å². The van der Waals surface area contributed by atoms with Crippen LogP contribution in [0.25, 0.3) is 11.1 Å². The minimum Gasteiger partial charge on any atom is -0.443 e. The molecule has 0 aliphatic heterocycles. The van der Waals surface area contributed by atoms with Crippen LogP contribution in [0.3, 0.4) is 0 Å². The van der Waals surface area contributed by atoms with Crippen molar-refractivity contribution in [2.75, 3.05) is 20.1 Å². The van der Waals surface area contributed by atoms with Crippen LogP contribution in [0.2, 0.25) is 0 Å². The second kappa shape index (κ2) is 5.81. The molecule has 1 aromatic heterocycles. The Morgan fingerprint density at radius 2 is 2.37 bits per heavy atom. The minimum atomic E-state index is -1.12. The van der Waals surface area contributed by atoms with Crippen LogP contribution in [0, 0.1) is 0 Å². The zero-order valence-electron chi connectivity index (χ0n) is 10.7. The molecule has 0 aliphatic carbocycles. The quantitative estimate of drug-likeness (QED) is 0.801. The van der Waals surface area contributed by atoms with E-state index in [1.807, 2.05) is 18.2 Å². The van der Waals surface area contributed by atoms with Gasteiger partial charge in [0.15, 0.2) is 12.0 Å². The van der Waals surface area contributed by atoms with Gasteiger partial charge in [0.1, 0.15) is 11.6 Å². The minimum absolute atomic E-state index is 0.0623. The van der Waals surface area contributed by atoms with Gasteiger partial charge in [0.05, 0.1) is 0 Å². The van der Waals surface area contributed by atoms with E-state index in [-0.39, 0.29) is 12.5 Å². The third kappa shape index (κ3) is 3.10. The van der Waals surface area contributed by atoms with Crippen LogP contribution >= 0.6 is 0 Å². The standard InChI is InChI=1S/C13H17N3O3/c1-16(13(18)11(17)7-14)5-4-9-2-3-10-12(6-9)19-8-15-10/h2-3,6,8,11,17H,4-5,7,14H2,1H3. The van der Waals surface area contributed by atoms with Crippen LogP contribution in [0.1, 0.15) is 5.56 Å². The summed E-state index contributed by atoms with van der Waals surface area (Å²) >= 11 is 0. The molecule has 1 atom stereocenters. The molecule has 0 radical (unpaired) electrons. The van der Waals surface area contributed by atoms with Crippen LogP contribution in [-0.4, -0.2) is 47.1 Å². The van der Waals surface area contributed by atoms with Crippen molar-refractivity contribution in [3.05, 3.63) is 30.2 Å². The molecule has 1 aromatic carbocycles. The fraction of sp³-hybridized carbons (Fsp3) is 0.385. The number of aliphatic hydroxyl groups excluding tert-OH is 1. The largest absolute Gasteiger partial charge is 0.443 e. The molecule has 1 amide bonds. The number of oxazole rings is 1. The number of hydrogen-bond donors (Lipinski definition) is 2. The Morgan fingerprint density at radius 3 is 3.11 bits per heavy atom. The van der Waals surface area contributed by atoms with Crippen LogP contribution in [0.5, 0.6) is 0 Å². The highest BCUT2D eigenvalue weighted by Gasteiger charge is 2.17. The number of aromatic nitrogens is 1. The molecule has 0 spiro atoms. The molecule has 0 fully saturated rings. The zero-order valence-corrected chi connectivity index (χ0v) is 10.7. The van der Waals surface area contributed by atoms with Gasteiger partial charge < -0.3 is 20.2 Å². The molecule has 1 unspecified atom stereocenters. The van der Waals surface area contributed by atoms with E-state index >= 15 is 0 Å². The molecular formula is C13H17N3O3. The SMILES string of the molecule is CN(CCc1ccc2ncoc2c1)C(=O)C(O)CN. The van der Waals surface area contributed by atoms with E-state index < -0.39 is 6.10 Å². The molecule has 1 heterocycles. The van der Waals surface area contributed by atoms with Crippen LogP contribution < -0.4 is 5.73 Å². The summed E-state index contributed by atoms with van der Waals surface area (Å²) in [5, 5.41) is 9.37. The summed E-state index contributed by atoms with van der Waals surface area (Å²) in [5.41, 5.74) is 7.84. The number of nitrogens with zero attached hydrogens (tertiary/aromatic N) is 2. The highest BCUT2D eigenvalue weighted by molar-refractivity contribution is 5.80. The molecule has 3 N–H and O–H groups in total. The van der Waals surface area contributed by atoms with Crippen molar-refractivity contribution < 1.29 is 14.3 Å². The van der Waals surface area contributed by atoms with Crippen LogP contribution in [0.4, 0.5) is 0 Å². The van der Waals surface area contributed by atoms with E-state index in [2.05, 4.69) is 4.98 Å². The number of amides is 1. The van der Waals surface area contributed by atoms with E-state index in [1.165, 1.54) is 11.3 Å².